The van der Waals surface area contributed by atoms with Crippen molar-refractivity contribution in [3.8, 4) is 11.4 Å². The van der Waals surface area contributed by atoms with Gasteiger partial charge >= 0.3 is 0 Å². The second-order valence-electron chi connectivity index (χ2n) is 5.09. The van der Waals surface area contributed by atoms with Crippen LogP contribution in [0.1, 0.15) is 5.56 Å². The van der Waals surface area contributed by atoms with Gasteiger partial charge in [0, 0.05) is 22.3 Å². The summed E-state index contributed by atoms with van der Waals surface area (Å²) in [5, 5.41) is 9.32. The van der Waals surface area contributed by atoms with Crippen LogP contribution in [0.3, 0.4) is 0 Å². The fourth-order valence-corrected chi connectivity index (χ4v) is 3.46. The number of allylic oxidation sites excluding steroid dienone is 1. The van der Waals surface area contributed by atoms with Gasteiger partial charge in [-0.2, -0.15) is 0 Å². The smallest absolute Gasteiger partial charge is 0.192 e. The van der Waals surface area contributed by atoms with Gasteiger partial charge in [-0.1, -0.05) is 64.1 Å². The lowest BCUT2D eigenvalue weighted by atomic mass is 10.2. The molecule has 0 bridgehead atoms. The lowest BCUT2D eigenvalue weighted by Gasteiger charge is -2.08. The predicted molar refractivity (Wildman–Crippen MR) is 99.3 cm³/mol. The quantitative estimate of drug-likeness (QED) is 0.411. The Hall–Kier alpha value is -1.92. The zero-order valence-electron chi connectivity index (χ0n) is 12.8. The molecular weight excluding hydrogens is 389 g/mol. The molecule has 0 radical (unpaired) electrons. The molecule has 3 rings (SSSR count). The molecule has 0 N–H and O–H groups in total. The van der Waals surface area contributed by atoms with Crippen molar-refractivity contribution >= 4 is 27.7 Å². The molecular formula is C18H15BrFN3S. The molecule has 0 amide bonds. The van der Waals surface area contributed by atoms with Gasteiger partial charge in [-0.3, -0.25) is 4.57 Å². The van der Waals surface area contributed by atoms with Crippen LogP contribution in [-0.2, 0) is 12.3 Å². The largest absolute Gasteiger partial charge is 0.298 e. The SMILES string of the molecule is C=CCn1c(SCc2ccccc2F)nnc1-c1ccc(Br)cc1. The fraction of sp³-hybridized carbons (Fsp3) is 0.111. The Bertz CT molecular complexity index is 846. The zero-order chi connectivity index (χ0) is 16.9. The summed E-state index contributed by atoms with van der Waals surface area (Å²) >= 11 is 4.90. The second kappa shape index (κ2) is 7.77. The minimum atomic E-state index is -0.201. The maximum absolute atomic E-state index is 13.8. The van der Waals surface area contributed by atoms with E-state index in [1.54, 1.807) is 18.2 Å². The molecule has 122 valence electrons. The van der Waals surface area contributed by atoms with Crippen molar-refractivity contribution in [2.24, 2.45) is 0 Å². The average Bonchev–Trinajstić information content (AvgIpc) is 2.98. The molecule has 1 heterocycles. The van der Waals surface area contributed by atoms with E-state index in [1.807, 2.05) is 34.9 Å². The third-order valence-corrected chi connectivity index (χ3v) is 4.99. The van der Waals surface area contributed by atoms with E-state index in [1.165, 1.54) is 17.8 Å². The van der Waals surface area contributed by atoms with Crippen molar-refractivity contribution in [3.05, 3.63) is 77.0 Å². The molecule has 0 unspecified atom stereocenters. The molecule has 1 aromatic heterocycles. The monoisotopic (exact) mass is 403 g/mol. The first-order valence-corrected chi connectivity index (χ1v) is 9.13. The number of aromatic nitrogens is 3. The second-order valence-corrected chi connectivity index (χ2v) is 6.95. The number of halogens is 2. The number of rotatable bonds is 6. The Morgan fingerprint density at radius 3 is 2.58 bits per heavy atom. The van der Waals surface area contributed by atoms with Crippen molar-refractivity contribution in [3.63, 3.8) is 0 Å². The predicted octanol–water partition coefficient (Wildman–Crippen LogP) is 5.33. The fourth-order valence-electron chi connectivity index (χ4n) is 2.26. The van der Waals surface area contributed by atoms with Gasteiger partial charge in [0.1, 0.15) is 5.82 Å². The third kappa shape index (κ3) is 3.76. The lowest BCUT2D eigenvalue weighted by molar-refractivity contribution is 0.617. The van der Waals surface area contributed by atoms with Crippen LogP contribution in [-0.4, -0.2) is 14.8 Å². The van der Waals surface area contributed by atoms with Gasteiger partial charge in [0.2, 0.25) is 0 Å². The maximum atomic E-state index is 13.8. The third-order valence-electron chi connectivity index (χ3n) is 3.45. The molecule has 0 aliphatic rings. The molecule has 0 atom stereocenters. The van der Waals surface area contributed by atoms with Crippen LogP contribution >= 0.6 is 27.7 Å². The van der Waals surface area contributed by atoms with E-state index in [4.69, 9.17) is 0 Å². The van der Waals surface area contributed by atoms with Crippen molar-refractivity contribution in [1.82, 2.24) is 14.8 Å². The number of nitrogens with zero attached hydrogens (tertiary/aromatic N) is 3. The molecule has 2 aromatic carbocycles. The minimum absolute atomic E-state index is 0.201. The maximum Gasteiger partial charge on any atom is 0.192 e. The van der Waals surface area contributed by atoms with Crippen molar-refractivity contribution in [1.29, 1.82) is 0 Å². The molecule has 0 saturated carbocycles. The molecule has 0 aliphatic heterocycles. The number of hydrogen-bond acceptors (Lipinski definition) is 3. The van der Waals surface area contributed by atoms with E-state index in [0.717, 1.165) is 21.0 Å². The van der Waals surface area contributed by atoms with E-state index >= 15 is 0 Å². The van der Waals surface area contributed by atoms with Crippen LogP contribution in [0, 0.1) is 5.82 Å². The van der Waals surface area contributed by atoms with E-state index < -0.39 is 0 Å². The van der Waals surface area contributed by atoms with Crippen LogP contribution in [0.15, 0.2) is 70.8 Å². The first-order valence-electron chi connectivity index (χ1n) is 7.35. The highest BCUT2D eigenvalue weighted by Crippen LogP contribution is 2.27. The minimum Gasteiger partial charge on any atom is -0.298 e. The summed E-state index contributed by atoms with van der Waals surface area (Å²) in [4.78, 5) is 0. The van der Waals surface area contributed by atoms with E-state index in [9.17, 15) is 4.39 Å². The van der Waals surface area contributed by atoms with Gasteiger partial charge < -0.3 is 0 Å². The highest BCUT2D eigenvalue weighted by molar-refractivity contribution is 9.10. The summed E-state index contributed by atoms with van der Waals surface area (Å²) in [6.07, 6.45) is 1.80. The summed E-state index contributed by atoms with van der Waals surface area (Å²) in [5.74, 6) is 1.08. The van der Waals surface area contributed by atoms with Gasteiger partial charge in [-0.15, -0.1) is 16.8 Å². The molecule has 3 aromatic rings. The van der Waals surface area contributed by atoms with Gasteiger partial charge in [-0.25, -0.2) is 4.39 Å². The van der Waals surface area contributed by atoms with Crippen LogP contribution < -0.4 is 0 Å². The highest BCUT2D eigenvalue weighted by Gasteiger charge is 2.14. The average molecular weight is 404 g/mol. The molecule has 0 aliphatic carbocycles. The molecule has 0 spiro atoms. The number of benzene rings is 2. The summed E-state index contributed by atoms with van der Waals surface area (Å²) < 4.78 is 16.8. The molecule has 3 nitrogen and oxygen atoms in total. The Labute approximate surface area is 152 Å². The standard InChI is InChI=1S/C18H15BrFN3S/c1-2-11-23-17(13-7-9-15(19)10-8-13)21-22-18(23)24-12-14-5-3-4-6-16(14)20/h2-10H,1,11-12H2. The van der Waals surface area contributed by atoms with Crippen LogP contribution in [0.4, 0.5) is 4.39 Å². The Morgan fingerprint density at radius 1 is 1.12 bits per heavy atom. The topological polar surface area (TPSA) is 30.7 Å². The summed E-state index contributed by atoms with van der Waals surface area (Å²) in [6, 6.07) is 14.7. The molecule has 24 heavy (non-hydrogen) atoms. The Morgan fingerprint density at radius 2 is 1.88 bits per heavy atom. The zero-order valence-corrected chi connectivity index (χ0v) is 15.2. The van der Waals surface area contributed by atoms with Crippen molar-refractivity contribution < 1.29 is 4.39 Å². The van der Waals surface area contributed by atoms with Gasteiger partial charge in [-0.05, 0) is 23.8 Å². The number of hydrogen-bond donors (Lipinski definition) is 0. The first-order chi connectivity index (χ1) is 11.7. The Balaban J connectivity index is 1.87. The van der Waals surface area contributed by atoms with Crippen molar-refractivity contribution in [2.45, 2.75) is 17.5 Å². The lowest BCUT2D eigenvalue weighted by Crippen LogP contribution is -2.01. The van der Waals surface area contributed by atoms with Crippen LogP contribution in [0.2, 0.25) is 0 Å². The molecule has 6 heteroatoms. The van der Waals surface area contributed by atoms with Gasteiger partial charge in [0.25, 0.3) is 0 Å². The number of thioether (sulfide) groups is 1. The summed E-state index contributed by atoms with van der Waals surface area (Å²) in [7, 11) is 0. The van der Waals surface area contributed by atoms with Gasteiger partial charge in [0.15, 0.2) is 11.0 Å². The van der Waals surface area contributed by atoms with Crippen molar-refractivity contribution in [2.75, 3.05) is 0 Å². The van der Waals surface area contributed by atoms with E-state index in [0.29, 0.717) is 17.9 Å². The molecule has 0 saturated heterocycles. The summed E-state index contributed by atoms with van der Waals surface area (Å²) in [6.45, 7) is 4.40. The first kappa shape index (κ1) is 16.9. The normalized spacial score (nSPS) is 10.8. The van der Waals surface area contributed by atoms with E-state index in [-0.39, 0.29) is 5.82 Å². The van der Waals surface area contributed by atoms with Crippen LogP contribution in [0.25, 0.3) is 11.4 Å². The molecule has 0 fully saturated rings. The van der Waals surface area contributed by atoms with Crippen LogP contribution in [0.5, 0.6) is 0 Å². The van der Waals surface area contributed by atoms with E-state index in [2.05, 4.69) is 32.7 Å². The summed E-state index contributed by atoms with van der Waals surface area (Å²) in [5.41, 5.74) is 1.63. The Kier molecular flexibility index (Phi) is 5.48. The van der Waals surface area contributed by atoms with Gasteiger partial charge in [0.05, 0.1) is 0 Å². The highest BCUT2D eigenvalue weighted by atomic mass is 79.9.